The van der Waals surface area contributed by atoms with Gasteiger partial charge in [0.15, 0.2) is 0 Å². The van der Waals surface area contributed by atoms with Crippen molar-refractivity contribution in [2.24, 2.45) is 0 Å². The summed E-state index contributed by atoms with van der Waals surface area (Å²) in [7, 11) is 2.17. The van der Waals surface area contributed by atoms with Crippen molar-refractivity contribution in [1.29, 1.82) is 0 Å². The molecule has 0 amide bonds. The molecule has 0 aliphatic carbocycles. The van der Waals surface area contributed by atoms with Crippen LogP contribution in [0.4, 0.5) is 4.39 Å². The van der Waals surface area contributed by atoms with Gasteiger partial charge in [-0.25, -0.2) is 4.39 Å². The molecule has 0 N–H and O–H groups in total. The van der Waals surface area contributed by atoms with Crippen LogP contribution in [0.1, 0.15) is 17.5 Å². The number of hydrogen-bond donors (Lipinski definition) is 0. The number of piperazine rings is 1. The average molecular weight is 250 g/mol. The third-order valence-corrected chi connectivity index (χ3v) is 3.72. The third-order valence-electron chi connectivity index (χ3n) is 3.72. The predicted molar refractivity (Wildman–Crippen MR) is 73.4 cm³/mol. The maximum Gasteiger partial charge on any atom is 0.126 e. The molecule has 0 saturated carbocycles. The molecule has 3 heteroatoms. The number of likely N-dealkylation sites (N-methyl/N-ethyl adjacent to an activating group) is 1. The van der Waals surface area contributed by atoms with Crippen molar-refractivity contribution in [2.45, 2.75) is 19.8 Å². The SMILES string of the molecule is Cc1ccc(CCCN2CCN(C)CC2)c(F)c1. The van der Waals surface area contributed by atoms with Crippen molar-refractivity contribution in [3.8, 4) is 0 Å². The quantitative estimate of drug-likeness (QED) is 0.809. The van der Waals surface area contributed by atoms with Gasteiger partial charge >= 0.3 is 0 Å². The van der Waals surface area contributed by atoms with E-state index >= 15 is 0 Å². The summed E-state index contributed by atoms with van der Waals surface area (Å²) in [4.78, 5) is 4.84. The van der Waals surface area contributed by atoms with Crippen molar-refractivity contribution in [3.05, 3.63) is 35.1 Å². The van der Waals surface area contributed by atoms with Gasteiger partial charge in [0, 0.05) is 26.2 Å². The lowest BCUT2D eigenvalue weighted by Crippen LogP contribution is -2.44. The molecule has 1 fully saturated rings. The first kappa shape index (κ1) is 13.5. The Hall–Kier alpha value is -0.930. The second-order valence-corrected chi connectivity index (χ2v) is 5.34. The second kappa shape index (κ2) is 6.30. The van der Waals surface area contributed by atoms with Crippen LogP contribution in [0.3, 0.4) is 0 Å². The fourth-order valence-corrected chi connectivity index (χ4v) is 2.42. The minimum atomic E-state index is -0.0478. The molecule has 0 aromatic heterocycles. The Labute approximate surface area is 109 Å². The minimum absolute atomic E-state index is 0.0478. The lowest BCUT2D eigenvalue weighted by atomic mass is 10.1. The zero-order chi connectivity index (χ0) is 13.0. The van der Waals surface area contributed by atoms with Crippen molar-refractivity contribution in [2.75, 3.05) is 39.8 Å². The highest BCUT2D eigenvalue weighted by molar-refractivity contribution is 5.23. The van der Waals surface area contributed by atoms with Crippen LogP contribution in [-0.4, -0.2) is 49.6 Å². The Bertz CT molecular complexity index is 384. The Morgan fingerprint density at radius 3 is 2.56 bits per heavy atom. The van der Waals surface area contributed by atoms with Gasteiger partial charge < -0.3 is 9.80 Å². The monoisotopic (exact) mass is 250 g/mol. The summed E-state index contributed by atoms with van der Waals surface area (Å²) >= 11 is 0. The highest BCUT2D eigenvalue weighted by atomic mass is 19.1. The van der Waals surface area contributed by atoms with Gasteiger partial charge in [-0.15, -0.1) is 0 Å². The molecule has 0 bridgehead atoms. The van der Waals surface area contributed by atoms with Gasteiger partial charge in [0.2, 0.25) is 0 Å². The van der Waals surface area contributed by atoms with Crippen LogP contribution in [0.25, 0.3) is 0 Å². The van der Waals surface area contributed by atoms with E-state index in [2.05, 4.69) is 16.8 Å². The Kier molecular flexibility index (Phi) is 4.72. The van der Waals surface area contributed by atoms with Crippen molar-refractivity contribution >= 4 is 0 Å². The van der Waals surface area contributed by atoms with Crippen molar-refractivity contribution in [3.63, 3.8) is 0 Å². The molecule has 1 aliphatic rings. The molecular formula is C15H23FN2. The van der Waals surface area contributed by atoms with Crippen LogP contribution < -0.4 is 0 Å². The molecule has 18 heavy (non-hydrogen) atoms. The summed E-state index contributed by atoms with van der Waals surface area (Å²) in [6, 6.07) is 5.55. The second-order valence-electron chi connectivity index (χ2n) is 5.34. The molecule has 0 spiro atoms. The lowest BCUT2D eigenvalue weighted by molar-refractivity contribution is 0.153. The third kappa shape index (κ3) is 3.79. The van der Waals surface area contributed by atoms with E-state index in [1.54, 1.807) is 6.07 Å². The molecule has 0 atom stereocenters. The minimum Gasteiger partial charge on any atom is -0.304 e. The van der Waals surface area contributed by atoms with E-state index < -0.39 is 0 Å². The van der Waals surface area contributed by atoms with Gasteiger partial charge in [0.25, 0.3) is 0 Å². The molecule has 2 rings (SSSR count). The van der Waals surface area contributed by atoms with Crippen LogP contribution in [0.15, 0.2) is 18.2 Å². The molecule has 2 nitrogen and oxygen atoms in total. The maximum atomic E-state index is 13.6. The van der Waals surface area contributed by atoms with Gasteiger partial charge in [-0.05, 0) is 50.6 Å². The van der Waals surface area contributed by atoms with Crippen LogP contribution in [0.5, 0.6) is 0 Å². The largest absolute Gasteiger partial charge is 0.304 e. The first-order valence-electron chi connectivity index (χ1n) is 6.81. The van der Waals surface area contributed by atoms with E-state index in [-0.39, 0.29) is 5.82 Å². The van der Waals surface area contributed by atoms with E-state index in [9.17, 15) is 4.39 Å². The molecule has 0 radical (unpaired) electrons. The standard InChI is InChI=1S/C15H23FN2/c1-13-5-6-14(15(16)12-13)4-3-7-18-10-8-17(2)9-11-18/h5-6,12H,3-4,7-11H2,1-2H3. The number of nitrogens with zero attached hydrogens (tertiary/aromatic N) is 2. The first-order valence-corrected chi connectivity index (χ1v) is 6.81. The predicted octanol–water partition coefficient (Wildman–Crippen LogP) is 2.31. The van der Waals surface area contributed by atoms with Gasteiger partial charge in [-0.3, -0.25) is 0 Å². The van der Waals surface area contributed by atoms with E-state index in [4.69, 9.17) is 0 Å². The summed E-state index contributed by atoms with van der Waals surface area (Å²) in [5.74, 6) is -0.0478. The molecule has 0 unspecified atom stereocenters. The highest BCUT2D eigenvalue weighted by Crippen LogP contribution is 2.12. The number of hydrogen-bond acceptors (Lipinski definition) is 2. The first-order chi connectivity index (χ1) is 8.65. The van der Waals surface area contributed by atoms with Crippen LogP contribution in [0, 0.1) is 12.7 Å². The van der Waals surface area contributed by atoms with Crippen LogP contribution in [0.2, 0.25) is 0 Å². The van der Waals surface area contributed by atoms with E-state index in [1.165, 1.54) is 0 Å². The van der Waals surface area contributed by atoms with Crippen LogP contribution >= 0.6 is 0 Å². The molecule has 1 aromatic carbocycles. The van der Waals surface area contributed by atoms with Crippen molar-refractivity contribution in [1.82, 2.24) is 9.80 Å². The number of halogens is 1. The van der Waals surface area contributed by atoms with Gasteiger partial charge in [-0.1, -0.05) is 12.1 Å². The Balaban J connectivity index is 1.75. The number of aryl methyl sites for hydroxylation is 2. The summed E-state index contributed by atoms with van der Waals surface area (Å²) in [5.41, 5.74) is 1.85. The van der Waals surface area contributed by atoms with E-state index in [0.717, 1.165) is 56.7 Å². The molecule has 1 heterocycles. The summed E-state index contributed by atoms with van der Waals surface area (Å²) in [6.07, 6.45) is 1.89. The highest BCUT2D eigenvalue weighted by Gasteiger charge is 2.13. The zero-order valence-corrected chi connectivity index (χ0v) is 11.5. The topological polar surface area (TPSA) is 6.48 Å². The van der Waals surface area contributed by atoms with E-state index in [1.807, 2.05) is 19.1 Å². The average Bonchev–Trinajstić information content (AvgIpc) is 2.34. The molecule has 100 valence electrons. The summed E-state index contributed by atoms with van der Waals surface area (Å²) in [5, 5.41) is 0. The Morgan fingerprint density at radius 2 is 1.89 bits per heavy atom. The van der Waals surface area contributed by atoms with E-state index in [0.29, 0.717) is 0 Å². The number of rotatable bonds is 4. The number of benzene rings is 1. The zero-order valence-electron chi connectivity index (χ0n) is 11.5. The molecule has 1 aliphatic heterocycles. The van der Waals surface area contributed by atoms with Crippen molar-refractivity contribution < 1.29 is 4.39 Å². The van der Waals surface area contributed by atoms with Gasteiger partial charge in [0.05, 0.1) is 0 Å². The Morgan fingerprint density at radius 1 is 1.17 bits per heavy atom. The molecule has 1 aromatic rings. The van der Waals surface area contributed by atoms with Gasteiger partial charge in [-0.2, -0.15) is 0 Å². The fourth-order valence-electron chi connectivity index (χ4n) is 2.42. The molecule has 1 saturated heterocycles. The van der Waals surface area contributed by atoms with Gasteiger partial charge in [0.1, 0.15) is 5.82 Å². The summed E-state index contributed by atoms with van der Waals surface area (Å²) < 4.78 is 13.6. The lowest BCUT2D eigenvalue weighted by Gasteiger charge is -2.32. The van der Waals surface area contributed by atoms with Crippen LogP contribution in [-0.2, 0) is 6.42 Å². The summed E-state index contributed by atoms with van der Waals surface area (Å²) in [6.45, 7) is 7.61. The molecular weight excluding hydrogens is 227 g/mol. The maximum absolute atomic E-state index is 13.6. The fraction of sp³-hybridized carbons (Fsp3) is 0.600. The smallest absolute Gasteiger partial charge is 0.126 e. The normalized spacial score (nSPS) is 18.2.